The lowest BCUT2D eigenvalue weighted by atomic mass is 10.1. The van der Waals surface area contributed by atoms with Crippen LogP contribution in [-0.2, 0) is 12.8 Å². The third-order valence-electron chi connectivity index (χ3n) is 5.35. The van der Waals surface area contributed by atoms with Crippen LogP contribution in [0.2, 0.25) is 0 Å². The van der Waals surface area contributed by atoms with Crippen LogP contribution in [0.3, 0.4) is 0 Å². The molecule has 3 aromatic rings. The van der Waals surface area contributed by atoms with E-state index in [0.29, 0.717) is 24.1 Å². The lowest BCUT2D eigenvalue weighted by Gasteiger charge is -2.30. The highest BCUT2D eigenvalue weighted by molar-refractivity contribution is 7.99. The summed E-state index contributed by atoms with van der Waals surface area (Å²) in [6.07, 6.45) is 8.85. The Kier molecular flexibility index (Phi) is 6.69. The monoisotopic (exact) mass is 422 g/mol. The molecular formula is C23H26N4O2S. The van der Waals surface area contributed by atoms with Gasteiger partial charge in [-0.2, -0.15) is 0 Å². The minimum Gasteiger partial charge on any atom is -0.410 e. The predicted molar refractivity (Wildman–Crippen MR) is 118 cm³/mol. The van der Waals surface area contributed by atoms with Crippen molar-refractivity contribution in [2.45, 2.75) is 43.0 Å². The third kappa shape index (κ3) is 5.42. The van der Waals surface area contributed by atoms with Gasteiger partial charge in [0.15, 0.2) is 5.16 Å². The van der Waals surface area contributed by atoms with Crippen molar-refractivity contribution in [3.8, 4) is 5.75 Å². The average molecular weight is 423 g/mol. The van der Waals surface area contributed by atoms with Gasteiger partial charge in [-0.15, -0.1) is 0 Å². The molecule has 0 bridgehead atoms. The van der Waals surface area contributed by atoms with Crippen molar-refractivity contribution in [1.29, 1.82) is 0 Å². The fraction of sp³-hybridized carbons (Fsp3) is 0.348. The summed E-state index contributed by atoms with van der Waals surface area (Å²) in [6, 6.07) is 11.8. The van der Waals surface area contributed by atoms with Crippen LogP contribution in [0.25, 0.3) is 0 Å². The summed E-state index contributed by atoms with van der Waals surface area (Å²) < 4.78 is 5.58. The number of ether oxygens (including phenoxy) is 1. The molecule has 3 heterocycles. The van der Waals surface area contributed by atoms with E-state index in [4.69, 9.17) is 4.74 Å². The summed E-state index contributed by atoms with van der Waals surface area (Å²) in [5.41, 5.74) is 3.55. The number of nitrogens with zero attached hydrogens (tertiary/aromatic N) is 3. The molecule has 1 aromatic carbocycles. The fourth-order valence-electron chi connectivity index (χ4n) is 3.56. The number of aryl methyl sites for hydroxylation is 3. The number of piperidine rings is 1. The minimum absolute atomic E-state index is 0.270. The van der Waals surface area contributed by atoms with E-state index in [9.17, 15) is 4.79 Å². The fourth-order valence-corrected chi connectivity index (χ4v) is 4.58. The molecule has 30 heavy (non-hydrogen) atoms. The molecule has 7 heteroatoms. The van der Waals surface area contributed by atoms with Crippen LogP contribution >= 0.6 is 11.8 Å². The second kappa shape index (κ2) is 9.80. The number of pyridine rings is 1. The number of amides is 1. The molecule has 0 saturated carbocycles. The summed E-state index contributed by atoms with van der Waals surface area (Å²) in [7, 11) is 0. The Morgan fingerprint density at radius 3 is 2.63 bits per heavy atom. The number of carbonyl (C=O) groups is 1. The van der Waals surface area contributed by atoms with Crippen molar-refractivity contribution in [2.24, 2.45) is 0 Å². The van der Waals surface area contributed by atoms with Gasteiger partial charge in [0.25, 0.3) is 0 Å². The molecule has 1 saturated heterocycles. The van der Waals surface area contributed by atoms with Crippen molar-refractivity contribution in [3.63, 3.8) is 0 Å². The Bertz CT molecular complexity index is 952. The largest absolute Gasteiger partial charge is 0.415 e. The zero-order chi connectivity index (χ0) is 20.8. The molecule has 1 N–H and O–H groups in total. The summed E-state index contributed by atoms with van der Waals surface area (Å²) in [6.45, 7) is 3.50. The minimum atomic E-state index is -0.270. The smallest absolute Gasteiger partial charge is 0.410 e. The second-order valence-corrected chi connectivity index (χ2v) is 8.77. The maximum Gasteiger partial charge on any atom is 0.415 e. The number of imidazole rings is 1. The molecule has 6 nitrogen and oxygen atoms in total. The Morgan fingerprint density at radius 2 is 1.93 bits per heavy atom. The SMILES string of the molecule is Cc1cccnc1CCc1ccc(OC(=O)N2CCC(Sc3ncc[nH]3)CC2)cc1. The molecule has 1 amide bonds. The van der Waals surface area contributed by atoms with E-state index < -0.39 is 0 Å². The molecule has 0 atom stereocenters. The molecule has 1 aliphatic rings. The van der Waals surface area contributed by atoms with Crippen molar-refractivity contribution in [3.05, 3.63) is 71.8 Å². The van der Waals surface area contributed by atoms with Gasteiger partial charge in [-0.3, -0.25) is 4.98 Å². The van der Waals surface area contributed by atoms with Gasteiger partial charge in [-0.25, -0.2) is 9.78 Å². The molecule has 0 unspecified atom stereocenters. The van der Waals surface area contributed by atoms with Crippen molar-refractivity contribution in [1.82, 2.24) is 19.9 Å². The number of likely N-dealkylation sites (tertiary alicyclic amines) is 1. The number of hydrogen-bond donors (Lipinski definition) is 1. The Hall–Kier alpha value is -2.80. The number of hydrogen-bond acceptors (Lipinski definition) is 5. The number of H-pyrrole nitrogens is 1. The van der Waals surface area contributed by atoms with Gasteiger partial charge < -0.3 is 14.6 Å². The molecule has 0 spiro atoms. The predicted octanol–water partition coefficient (Wildman–Crippen LogP) is 4.65. The van der Waals surface area contributed by atoms with Crippen molar-refractivity contribution in [2.75, 3.05) is 13.1 Å². The number of nitrogens with one attached hydrogen (secondary N) is 1. The standard InChI is InChI=1S/C23H26N4O2S/c1-17-3-2-12-24-21(17)9-6-18-4-7-19(8-5-18)29-23(28)27-15-10-20(11-16-27)30-22-25-13-14-26-22/h2-5,7-8,12-14,20H,6,9-11,15-16H2,1H3,(H,25,26). The zero-order valence-corrected chi connectivity index (χ0v) is 17.9. The number of aromatic nitrogens is 3. The number of thioether (sulfide) groups is 1. The summed E-state index contributed by atoms with van der Waals surface area (Å²) in [5, 5.41) is 1.41. The number of aromatic amines is 1. The van der Waals surface area contributed by atoms with Crippen LogP contribution in [0.15, 0.2) is 60.1 Å². The molecule has 4 rings (SSSR count). The van der Waals surface area contributed by atoms with Gasteiger partial charge in [-0.05, 0) is 61.9 Å². The van der Waals surface area contributed by atoms with E-state index in [1.54, 1.807) is 22.9 Å². The van der Waals surface area contributed by atoms with E-state index in [2.05, 4.69) is 27.9 Å². The molecule has 1 aliphatic heterocycles. The molecule has 156 valence electrons. The number of rotatable bonds is 6. The van der Waals surface area contributed by atoms with E-state index >= 15 is 0 Å². The van der Waals surface area contributed by atoms with Crippen molar-refractivity contribution < 1.29 is 9.53 Å². The summed E-state index contributed by atoms with van der Waals surface area (Å²) >= 11 is 1.74. The van der Waals surface area contributed by atoms with Crippen LogP contribution in [0.4, 0.5) is 4.79 Å². The van der Waals surface area contributed by atoms with Gasteiger partial charge in [0.1, 0.15) is 5.75 Å². The molecule has 1 fully saturated rings. The van der Waals surface area contributed by atoms with Crippen LogP contribution in [0.5, 0.6) is 5.75 Å². The van der Waals surface area contributed by atoms with Crippen molar-refractivity contribution >= 4 is 17.9 Å². The van der Waals surface area contributed by atoms with Crippen LogP contribution < -0.4 is 4.74 Å². The van der Waals surface area contributed by atoms with Gasteiger partial charge in [-0.1, -0.05) is 30.0 Å². The Morgan fingerprint density at radius 1 is 1.13 bits per heavy atom. The number of benzene rings is 1. The first kappa shape index (κ1) is 20.5. The van der Waals surface area contributed by atoms with Gasteiger partial charge >= 0.3 is 6.09 Å². The highest BCUT2D eigenvalue weighted by atomic mass is 32.2. The first-order valence-electron chi connectivity index (χ1n) is 10.3. The topological polar surface area (TPSA) is 71.1 Å². The van der Waals surface area contributed by atoms with E-state index in [0.717, 1.165) is 36.5 Å². The highest BCUT2D eigenvalue weighted by Gasteiger charge is 2.25. The third-order valence-corrected chi connectivity index (χ3v) is 6.60. The van der Waals surface area contributed by atoms with Gasteiger partial charge in [0.2, 0.25) is 0 Å². The highest BCUT2D eigenvalue weighted by Crippen LogP contribution is 2.28. The Labute approximate surface area is 181 Å². The molecule has 2 aromatic heterocycles. The van der Waals surface area contributed by atoms with Gasteiger partial charge in [0.05, 0.1) is 0 Å². The normalized spacial score (nSPS) is 14.6. The average Bonchev–Trinajstić information content (AvgIpc) is 3.28. The van der Waals surface area contributed by atoms with Gasteiger partial charge in [0, 0.05) is 42.6 Å². The van der Waals surface area contributed by atoms with E-state index in [-0.39, 0.29) is 6.09 Å². The second-order valence-electron chi connectivity index (χ2n) is 7.48. The van der Waals surface area contributed by atoms with E-state index in [1.807, 2.05) is 42.7 Å². The lowest BCUT2D eigenvalue weighted by molar-refractivity contribution is 0.143. The maximum absolute atomic E-state index is 12.5. The quantitative estimate of drug-likeness (QED) is 0.626. The summed E-state index contributed by atoms with van der Waals surface area (Å²) in [4.78, 5) is 26.1. The first-order valence-corrected chi connectivity index (χ1v) is 11.2. The zero-order valence-electron chi connectivity index (χ0n) is 17.1. The number of carbonyl (C=O) groups excluding carboxylic acids is 1. The van der Waals surface area contributed by atoms with E-state index in [1.165, 1.54) is 11.1 Å². The Balaban J connectivity index is 1.23. The lowest BCUT2D eigenvalue weighted by Crippen LogP contribution is -2.40. The summed E-state index contributed by atoms with van der Waals surface area (Å²) in [5.74, 6) is 0.588. The maximum atomic E-state index is 12.5. The van der Waals surface area contributed by atoms with Crippen LogP contribution in [0.1, 0.15) is 29.7 Å². The van der Waals surface area contributed by atoms with Crippen LogP contribution in [0, 0.1) is 6.92 Å². The molecular weight excluding hydrogens is 396 g/mol. The first-order chi connectivity index (χ1) is 14.7. The molecule has 0 radical (unpaired) electrons. The van der Waals surface area contributed by atoms with Crippen LogP contribution in [-0.4, -0.2) is 44.3 Å². The molecule has 0 aliphatic carbocycles.